The third-order valence-electron chi connectivity index (χ3n) is 3.41. The van der Waals surface area contributed by atoms with E-state index in [-0.39, 0.29) is 29.7 Å². The van der Waals surface area contributed by atoms with Crippen molar-refractivity contribution in [1.82, 2.24) is 5.32 Å². The van der Waals surface area contributed by atoms with Gasteiger partial charge in [0.25, 0.3) is 5.91 Å². The van der Waals surface area contributed by atoms with Crippen LogP contribution in [0.2, 0.25) is 0 Å². The lowest BCUT2D eigenvalue weighted by Crippen LogP contribution is -2.23. The molecule has 148 valence electrons. The summed E-state index contributed by atoms with van der Waals surface area (Å²) in [7, 11) is 0. The second-order valence-electron chi connectivity index (χ2n) is 5.87. The summed E-state index contributed by atoms with van der Waals surface area (Å²) >= 11 is 0. The van der Waals surface area contributed by atoms with Crippen LogP contribution in [-0.4, -0.2) is 24.3 Å². The Kier molecular flexibility index (Phi) is 7.02. The van der Waals surface area contributed by atoms with E-state index in [9.17, 15) is 23.2 Å². The Morgan fingerprint density at radius 2 is 1.57 bits per heavy atom. The summed E-state index contributed by atoms with van der Waals surface area (Å²) in [5.74, 6) is -1.15. The number of anilines is 2. The number of carbonyl (C=O) groups is 3. The van der Waals surface area contributed by atoms with Crippen LogP contribution in [0.4, 0.5) is 20.2 Å². The molecule has 3 amide bonds. The molecule has 3 N–H and O–H groups in total. The van der Waals surface area contributed by atoms with Crippen molar-refractivity contribution >= 4 is 29.1 Å². The van der Waals surface area contributed by atoms with E-state index in [1.165, 1.54) is 50.2 Å². The van der Waals surface area contributed by atoms with E-state index < -0.39 is 12.5 Å². The van der Waals surface area contributed by atoms with Crippen molar-refractivity contribution in [2.45, 2.75) is 27.0 Å². The molecule has 28 heavy (non-hydrogen) atoms. The van der Waals surface area contributed by atoms with Crippen LogP contribution in [0.25, 0.3) is 0 Å². The lowest BCUT2D eigenvalue weighted by Gasteiger charge is -2.12. The van der Waals surface area contributed by atoms with Gasteiger partial charge in [-0.2, -0.15) is 8.78 Å². The van der Waals surface area contributed by atoms with Gasteiger partial charge in [-0.25, -0.2) is 0 Å². The van der Waals surface area contributed by atoms with Gasteiger partial charge in [-0.05, 0) is 35.9 Å². The number of hydrogen-bond donors (Lipinski definition) is 3. The molecular formula is C19H19F2N3O4. The minimum absolute atomic E-state index is 0.0117. The zero-order chi connectivity index (χ0) is 20.7. The monoisotopic (exact) mass is 391 g/mol. The fourth-order valence-corrected chi connectivity index (χ4v) is 2.43. The van der Waals surface area contributed by atoms with Crippen LogP contribution in [0.5, 0.6) is 5.75 Å². The minimum atomic E-state index is -2.94. The van der Waals surface area contributed by atoms with Crippen molar-refractivity contribution < 1.29 is 27.9 Å². The highest BCUT2D eigenvalue weighted by Gasteiger charge is 2.11. The Morgan fingerprint density at radius 3 is 2.11 bits per heavy atom. The second kappa shape index (κ2) is 9.45. The lowest BCUT2D eigenvalue weighted by atomic mass is 10.1. The number of benzene rings is 2. The molecule has 2 aromatic carbocycles. The number of nitrogens with one attached hydrogen (secondary N) is 3. The summed E-state index contributed by atoms with van der Waals surface area (Å²) in [4.78, 5) is 35.0. The molecule has 0 heterocycles. The highest BCUT2D eigenvalue weighted by Crippen LogP contribution is 2.20. The van der Waals surface area contributed by atoms with Crippen LogP contribution in [0.3, 0.4) is 0 Å². The first-order valence-electron chi connectivity index (χ1n) is 8.25. The fraction of sp³-hybridized carbons (Fsp3) is 0.211. The van der Waals surface area contributed by atoms with E-state index >= 15 is 0 Å². The molecule has 0 radical (unpaired) electrons. The Morgan fingerprint density at radius 1 is 0.964 bits per heavy atom. The van der Waals surface area contributed by atoms with Crippen LogP contribution in [0.15, 0.2) is 42.5 Å². The van der Waals surface area contributed by atoms with Crippen LogP contribution < -0.4 is 20.7 Å². The van der Waals surface area contributed by atoms with Gasteiger partial charge in [0, 0.05) is 37.3 Å². The highest BCUT2D eigenvalue weighted by molar-refractivity contribution is 5.99. The maximum Gasteiger partial charge on any atom is 0.387 e. The van der Waals surface area contributed by atoms with Gasteiger partial charge >= 0.3 is 6.61 Å². The van der Waals surface area contributed by atoms with Gasteiger partial charge in [0.1, 0.15) is 5.75 Å². The third kappa shape index (κ3) is 6.67. The maximum absolute atomic E-state index is 12.5. The summed E-state index contributed by atoms with van der Waals surface area (Å²) < 4.78 is 28.9. The number of carbonyl (C=O) groups excluding carboxylic acids is 3. The first-order chi connectivity index (χ1) is 13.2. The molecule has 0 aliphatic heterocycles. The predicted octanol–water partition coefficient (Wildman–Crippen LogP) is 3.13. The molecular weight excluding hydrogens is 372 g/mol. The van der Waals surface area contributed by atoms with Crippen molar-refractivity contribution in [3.05, 3.63) is 53.6 Å². The summed E-state index contributed by atoms with van der Waals surface area (Å²) in [6, 6.07) is 10.4. The fourth-order valence-electron chi connectivity index (χ4n) is 2.43. The number of ether oxygens (including phenoxy) is 1. The van der Waals surface area contributed by atoms with Gasteiger partial charge < -0.3 is 20.7 Å². The van der Waals surface area contributed by atoms with Gasteiger partial charge in [-0.15, -0.1) is 0 Å². The van der Waals surface area contributed by atoms with Crippen LogP contribution >= 0.6 is 0 Å². The number of hydrogen-bond acceptors (Lipinski definition) is 4. The number of rotatable bonds is 7. The van der Waals surface area contributed by atoms with Crippen molar-refractivity contribution in [1.29, 1.82) is 0 Å². The average molecular weight is 391 g/mol. The summed E-state index contributed by atoms with van der Waals surface area (Å²) in [5, 5.41) is 7.76. The van der Waals surface area contributed by atoms with Gasteiger partial charge in [0.2, 0.25) is 11.8 Å². The minimum Gasteiger partial charge on any atom is -0.435 e. The molecule has 0 aliphatic carbocycles. The molecule has 0 saturated carbocycles. The standard InChI is InChI=1S/C19H19F2N3O4/c1-11(25)23-15-7-14(8-16(9-15)24-12(2)26)18(27)22-10-13-4-3-5-17(6-13)28-19(20)21/h3-9,19H,10H2,1-2H3,(H,22,27)(H,23,25)(H,24,26). The van der Waals surface area contributed by atoms with Crippen molar-refractivity contribution in [2.24, 2.45) is 0 Å². The van der Waals surface area contributed by atoms with Crippen molar-refractivity contribution in [2.75, 3.05) is 10.6 Å². The Bertz CT molecular complexity index is 853. The summed E-state index contributed by atoms with van der Waals surface area (Å²) in [6.45, 7) is -0.231. The van der Waals surface area contributed by atoms with E-state index in [0.717, 1.165) is 0 Å². The van der Waals surface area contributed by atoms with Crippen LogP contribution in [-0.2, 0) is 16.1 Å². The maximum atomic E-state index is 12.5. The quantitative estimate of drug-likeness (QED) is 0.676. The zero-order valence-electron chi connectivity index (χ0n) is 15.2. The molecule has 0 unspecified atom stereocenters. The SMILES string of the molecule is CC(=O)Nc1cc(NC(C)=O)cc(C(=O)NCc2cccc(OC(F)F)c2)c1. The summed E-state index contributed by atoms with van der Waals surface area (Å²) in [6.07, 6.45) is 0. The number of amides is 3. The van der Waals surface area contributed by atoms with E-state index in [1.807, 2.05) is 0 Å². The molecule has 0 aromatic heterocycles. The topological polar surface area (TPSA) is 96.5 Å². The Labute approximate surface area is 160 Å². The molecule has 0 saturated heterocycles. The van der Waals surface area contributed by atoms with Gasteiger partial charge in [0.05, 0.1) is 0 Å². The van der Waals surface area contributed by atoms with Crippen LogP contribution in [0, 0.1) is 0 Å². The van der Waals surface area contributed by atoms with E-state index in [0.29, 0.717) is 16.9 Å². The average Bonchev–Trinajstić information content (AvgIpc) is 2.58. The molecule has 0 spiro atoms. The first-order valence-corrected chi connectivity index (χ1v) is 8.25. The highest BCUT2D eigenvalue weighted by atomic mass is 19.3. The molecule has 2 aromatic rings. The lowest BCUT2D eigenvalue weighted by molar-refractivity contribution is -0.115. The molecule has 0 atom stereocenters. The molecule has 9 heteroatoms. The normalized spacial score (nSPS) is 10.3. The van der Waals surface area contributed by atoms with Crippen molar-refractivity contribution in [3.63, 3.8) is 0 Å². The molecule has 7 nitrogen and oxygen atoms in total. The zero-order valence-corrected chi connectivity index (χ0v) is 15.2. The van der Waals surface area contributed by atoms with Gasteiger partial charge in [0.15, 0.2) is 0 Å². The van der Waals surface area contributed by atoms with E-state index in [2.05, 4.69) is 20.7 Å². The first kappa shape index (κ1) is 20.8. The molecule has 0 aliphatic rings. The second-order valence-corrected chi connectivity index (χ2v) is 5.87. The smallest absolute Gasteiger partial charge is 0.387 e. The van der Waals surface area contributed by atoms with E-state index in [4.69, 9.17) is 0 Å². The third-order valence-corrected chi connectivity index (χ3v) is 3.41. The number of alkyl halides is 2. The molecule has 0 fully saturated rings. The molecule has 0 bridgehead atoms. The largest absolute Gasteiger partial charge is 0.435 e. The van der Waals surface area contributed by atoms with Gasteiger partial charge in [-0.3, -0.25) is 14.4 Å². The summed E-state index contributed by atoms with van der Waals surface area (Å²) in [5.41, 5.74) is 1.45. The van der Waals surface area contributed by atoms with Crippen molar-refractivity contribution in [3.8, 4) is 5.75 Å². The van der Waals surface area contributed by atoms with Gasteiger partial charge in [-0.1, -0.05) is 12.1 Å². The van der Waals surface area contributed by atoms with E-state index in [1.54, 1.807) is 6.07 Å². The van der Waals surface area contributed by atoms with Crippen LogP contribution in [0.1, 0.15) is 29.8 Å². The molecule has 2 rings (SSSR count). The predicted molar refractivity (Wildman–Crippen MR) is 99.3 cm³/mol. The Hall–Kier alpha value is -3.49. The number of halogens is 2. The Balaban J connectivity index is 2.14.